The predicted octanol–water partition coefficient (Wildman–Crippen LogP) is 4.74. The van der Waals surface area contributed by atoms with Gasteiger partial charge in [0, 0.05) is 22.6 Å². The highest BCUT2D eigenvalue weighted by Crippen LogP contribution is 2.18. The van der Waals surface area contributed by atoms with Gasteiger partial charge in [0.05, 0.1) is 0 Å². The van der Waals surface area contributed by atoms with E-state index in [4.69, 9.17) is 11.6 Å². The van der Waals surface area contributed by atoms with Gasteiger partial charge in [-0.1, -0.05) is 17.7 Å². The lowest BCUT2D eigenvalue weighted by Crippen LogP contribution is -2.14. The Morgan fingerprint density at radius 2 is 1.64 bits per heavy atom. The Balaban J connectivity index is 1.76. The van der Waals surface area contributed by atoms with E-state index in [0.717, 1.165) is 16.8 Å². The summed E-state index contributed by atoms with van der Waals surface area (Å²) in [5.41, 5.74) is 4.08. The first-order valence-electron chi connectivity index (χ1n) is 7.75. The normalized spacial score (nSPS) is 10.4. The number of hydrogen-bond acceptors (Lipinski definition) is 4. The molecule has 2 aromatic carbocycles. The van der Waals surface area contributed by atoms with Gasteiger partial charge in [0.15, 0.2) is 0 Å². The fourth-order valence-electron chi connectivity index (χ4n) is 2.45. The number of nitrogens with one attached hydrogen (secondary N) is 2. The van der Waals surface area contributed by atoms with Crippen molar-refractivity contribution in [2.45, 2.75) is 13.8 Å². The van der Waals surface area contributed by atoms with Gasteiger partial charge in [0.1, 0.15) is 5.69 Å². The molecule has 0 atom stereocenters. The Kier molecular flexibility index (Phi) is 4.95. The third-order valence-electron chi connectivity index (χ3n) is 3.47. The number of hydrogen-bond donors (Lipinski definition) is 2. The first-order chi connectivity index (χ1) is 12.0. The molecule has 0 fully saturated rings. The third kappa shape index (κ3) is 4.55. The van der Waals surface area contributed by atoms with E-state index in [1.807, 2.05) is 26.0 Å². The van der Waals surface area contributed by atoms with Crippen molar-refractivity contribution in [1.29, 1.82) is 0 Å². The Morgan fingerprint density at radius 1 is 0.960 bits per heavy atom. The second kappa shape index (κ2) is 7.32. The number of aromatic nitrogens is 2. The zero-order valence-corrected chi connectivity index (χ0v) is 14.6. The smallest absolute Gasteiger partial charge is 0.274 e. The quantitative estimate of drug-likeness (QED) is 0.711. The minimum absolute atomic E-state index is 0.275. The van der Waals surface area contributed by atoms with Crippen LogP contribution in [0.4, 0.5) is 17.3 Å². The SMILES string of the molecule is Cc1cc(C)cc(Nc2nccc(C(=O)Nc3ccc(Cl)cc3)n2)c1. The fraction of sp³-hybridized carbons (Fsp3) is 0.105. The molecular formula is C19H17ClN4O. The maximum Gasteiger partial charge on any atom is 0.274 e. The van der Waals surface area contributed by atoms with Crippen molar-refractivity contribution in [3.63, 3.8) is 0 Å². The number of aryl methyl sites for hydroxylation is 2. The molecular weight excluding hydrogens is 336 g/mol. The summed E-state index contributed by atoms with van der Waals surface area (Å²) in [4.78, 5) is 20.8. The van der Waals surface area contributed by atoms with Gasteiger partial charge in [-0.3, -0.25) is 4.79 Å². The molecule has 0 aliphatic heterocycles. The molecule has 0 aliphatic carbocycles. The number of carbonyl (C=O) groups is 1. The van der Waals surface area contributed by atoms with Gasteiger partial charge in [-0.25, -0.2) is 9.97 Å². The maximum atomic E-state index is 12.3. The van der Waals surface area contributed by atoms with Gasteiger partial charge in [-0.2, -0.15) is 0 Å². The largest absolute Gasteiger partial charge is 0.324 e. The van der Waals surface area contributed by atoms with Crippen LogP contribution >= 0.6 is 11.6 Å². The highest BCUT2D eigenvalue weighted by Gasteiger charge is 2.10. The molecule has 3 rings (SSSR count). The van der Waals surface area contributed by atoms with Crippen molar-refractivity contribution in [1.82, 2.24) is 9.97 Å². The van der Waals surface area contributed by atoms with E-state index in [1.165, 1.54) is 0 Å². The summed E-state index contributed by atoms with van der Waals surface area (Å²) in [6.07, 6.45) is 1.55. The van der Waals surface area contributed by atoms with Crippen LogP contribution in [-0.2, 0) is 0 Å². The van der Waals surface area contributed by atoms with Crippen LogP contribution in [0.25, 0.3) is 0 Å². The number of nitrogens with zero attached hydrogens (tertiary/aromatic N) is 2. The van der Waals surface area contributed by atoms with Crippen LogP contribution in [-0.4, -0.2) is 15.9 Å². The fourth-order valence-corrected chi connectivity index (χ4v) is 2.58. The summed E-state index contributed by atoms with van der Waals surface area (Å²) < 4.78 is 0. The average Bonchev–Trinajstić information content (AvgIpc) is 2.56. The Labute approximate surface area is 151 Å². The summed E-state index contributed by atoms with van der Waals surface area (Å²) in [7, 11) is 0. The Morgan fingerprint density at radius 3 is 2.32 bits per heavy atom. The van der Waals surface area contributed by atoms with Crippen LogP contribution in [0.1, 0.15) is 21.6 Å². The lowest BCUT2D eigenvalue weighted by atomic mass is 10.1. The Bertz CT molecular complexity index is 889. The summed E-state index contributed by atoms with van der Waals surface area (Å²) in [6, 6.07) is 14.5. The zero-order valence-electron chi connectivity index (χ0n) is 13.9. The van der Waals surface area contributed by atoms with Crippen molar-refractivity contribution >= 4 is 34.8 Å². The van der Waals surface area contributed by atoms with E-state index in [2.05, 4.69) is 26.7 Å². The topological polar surface area (TPSA) is 66.9 Å². The van der Waals surface area contributed by atoms with E-state index in [-0.39, 0.29) is 11.6 Å². The number of halogens is 1. The van der Waals surface area contributed by atoms with Gasteiger partial charge in [0.2, 0.25) is 5.95 Å². The molecule has 25 heavy (non-hydrogen) atoms. The molecule has 0 saturated carbocycles. The van der Waals surface area contributed by atoms with Crippen LogP contribution in [0.2, 0.25) is 5.02 Å². The molecule has 1 amide bonds. The van der Waals surface area contributed by atoms with E-state index < -0.39 is 0 Å². The molecule has 2 N–H and O–H groups in total. The van der Waals surface area contributed by atoms with E-state index >= 15 is 0 Å². The van der Waals surface area contributed by atoms with Gasteiger partial charge in [0.25, 0.3) is 5.91 Å². The van der Waals surface area contributed by atoms with Crippen LogP contribution in [0.5, 0.6) is 0 Å². The number of carbonyl (C=O) groups excluding carboxylic acids is 1. The number of rotatable bonds is 4. The van der Waals surface area contributed by atoms with Crippen molar-refractivity contribution in [3.8, 4) is 0 Å². The molecule has 1 aromatic heterocycles. The van der Waals surface area contributed by atoms with Crippen molar-refractivity contribution < 1.29 is 4.79 Å². The summed E-state index contributed by atoms with van der Waals surface area (Å²) >= 11 is 5.84. The lowest BCUT2D eigenvalue weighted by Gasteiger charge is -2.09. The number of anilines is 3. The summed E-state index contributed by atoms with van der Waals surface area (Å²) in [5, 5.41) is 6.52. The number of amides is 1. The second-order valence-corrected chi connectivity index (χ2v) is 6.16. The molecule has 0 spiro atoms. The second-order valence-electron chi connectivity index (χ2n) is 5.73. The molecule has 6 heteroatoms. The van der Waals surface area contributed by atoms with Crippen molar-refractivity contribution in [2.75, 3.05) is 10.6 Å². The summed E-state index contributed by atoms with van der Waals surface area (Å²) in [6.45, 7) is 4.05. The molecule has 0 unspecified atom stereocenters. The molecule has 126 valence electrons. The van der Waals surface area contributed by atoms with E-state index in [9.17, 15) is 4.79 Å². The van der Waals surface area contributed by atoms with E-state index in [1.54, 1.807) is 36.5 Å². The molecule has 0 saturated heterocycles. The van der Waals surface area contributed by atoms with Gasteiger partial charge >= 0.3 is 0 Å². The van der Waals surface area contributed by atoms with Crippen molar-refractivity contribution in [3.05, 3.63) is 76.6 Å². The van der Waals surface area contributed by atoms with Crippen LogP contribution in [0.15, 0.2) is 54.7 Å². The van der Waals surface area contributed by atoms with Gasteiger partial charge in [-0.05, 0) is 67.4 Å². The zero-order chi connectivity index (χ0) is 17.8. The van der Waals surface area contributed by atoms with Crippen LogP contribution in [0, 0.1) is 13.8 Å². The number of benzene rings is 2. The maximum absolute atomic E-state index is 12.3. The van der Waals surface area contributed by atoms with Gasteiger partial charge in [-0.15, -0.1) is 0 Å². The van der Waals surface area contributed by atoms with Crippen LogP contribution < -0.4 is 10.6 Å². The third-order valence-corrected chi connectivity index (χ3v) is 3.72. The molecule has 0 aliphatic rings. The standard InChI is InChI=1S/C19H17ClN4O/c1-12-9-13(2)11-16(10-12)23-19-21-8-7-17(24-19)18(25)22-15-5-3-14(20)4-6-15/h3-11H,1-2H3,(H,22,25)(H,21,23,24). The predicted molar refractivity (Wildman–Crippen MR) is 101 cm³/mol. The first kappa shape index (κ1) is 16.9. The molecule has 0 radical (unpaired) electrons. The molecule has 3 aromatic rings. The van der Waals surface area contributed by atoms with E-state index in [0.29, 0.717) is 16.7 Å². The first-order valence-corrected chi connectivity index (χ1v) is 8.13. The molecule has 1 heterocycles. The average molecular weight is 353 g/mol. The highest BCUT2D eigenvalue weighted by atomic mass is 35.5. The highest BCUT2D eigenvalue weighted by molar-refractivity contribution is 6.30. The minimum Gasteiger partial charge on any atom is -0.324 e. The van der Waals surface area contributed by atoms with Crippen LogP contribution in [0.3, 0.4) is 0 Å². The molecule has 5 nitrogen and oxygen atoms in total. The lowest BCUT2D eigenvalue weighted by molar-refractivity contribution is 0.102. The monoisotopic (exact) mass is 352 g/mol. The Hall–Kier alpha value is -2.92. The van der Waals surface area contributed by atoms with Gasteiger partial charge < -0.3 is 10.6 Å². The molecule has 0 bridgehead atoms. The summed E-state index contributed by atoms with van der Waals surface area (Å²) in [5.74, 6) is 0.0574. The van der Waals surface area contributed by atoms with Crippen molar-refractivity contribution in [2.24, 2.45) is 0 Å². The minimum atomic E-state index is -0.312.